The first-order valence-electron chi connectivity index (χ1n) is 7.69. The van der Waals surface area contributed by atoms with Gasteiger partial charge in [-0.05, 0) is 24.6 Å². The monoisotopic (exact) mass is 316 g/mol. The topological polar surface area (TPSA) is 79.4 Å². The molecule has 24 heavy (non-hydrogen) atoms. The van der Waals surface area contributed by atoms with Gasteiger partial charge in [0.1, 0.15) is 12.1 Å². The summed E-state index contributed by atoms with van der Waals surface area (Å²) in [5, 5.41) is 11.3. The fraction of sp³-hybridized carbons (Fsp3) is 0.111. The summed E-state index contributed by atoms with van der Waals surface area (Å²) in [4.78, 5) is 13.1. The number of pyridine rings is 1. The zero-order valence-corrected chi connectivity index (χ0v) is 13.1. The first-order valence-corrected chi connectivity index (χ1v) is 7.69. The molecule has 1 aromatic carbocycles. The van der Waals surface area contributed by atoms with Gasteiger partial charge in [0.05, 0.1) is 23.3 Å². The SMILES string of the molecule is Cc1cccc(C(Nc2ncnc3[nH]ncc23)c2ccccn2)c1. The Morgan fingerprint density at radius 2 is 2.00 bits per heavy atom. The van der Waals surface area contributed by atoms with Crippen molar-refractivity contribution in [3.8, 4) is 0 Å². The van der Waals surface area contributed by atoms with E-state index >= 15 is 0 Å². The number of anilines is 1. The zero-order chi connectivity index (χ0) is 16.4. The van der Waals surface area contributed by atoms with Crippen LogP contribution < -0.4 is 5.32 Å². The van der Waals surface area contributed by atoms with Gasteiger partial charge < -0.3 is 5.32 Å². The number of benzene rings is 1. The standard InChI is InChI=1S/C18H16N6/c1-12-5-4-6-13(9-12)16(15-7-2-3-8-19-15)23-17-14-10-22-24-18(14)21-11-20-17/h2-11,16H,1H3,(H2,20,21,22,23,24). The minimum Gasteiger partial charge on any atom is -0.357 e. The van der Waals surface area contributed by atoms with Crippen LogP contribution in [0.25, 0.3) is 11.0 Å². The van der Waals surface area contributed by atoms with E-state index in [9.17, 15) is 0 Å². The van der Waals surface area contributed by atoms with E-state index in [1.807, 2.05) is 18.2 Å². The summed E-state index contributed by atoms with van der Waals surface area (Å²) in [6.07, 6.45) is 5.05. The molecule has 3 heterocycles. The van der Waals surface area contributed by atoms with E-state index in [0.29, 0.717) is 5.65 Å². The molecule has 0 fully saturated rings. The van der Waals surface area contributed by atoms with Crippen LogP contribution in [-0.2, 0) is 0 Å². The lowest BCUT2D eigenvalue weighted by Crippen LogP contribution is -2.15. The van der Waals surface area contributed by atoms with Crippen LogP contribution in [0.2, 0.25) is 0 Å². The third-order valence-electron chi connectivity index (χ3n) is 3.89. The van der Waals surface area contributed by atoms with Gasteiger partial charge in [0.15, 0.2) is 5.65 Å². The number of aromatic amines is 1. The van der Waals surface area contributed by atoms with Crippen molar-refractivity contribution in [2.75, 3.05) is 5.32 Å². The Hall–Kier alpha value is -3.28. The van der Waals surface area contributed by atoms with E-state index < -0.39 is 0 Å². The number of fused-ring (bicyclic) bond motifs is 1. The number of aromatic nitrogens is 5. The Morgan fingerprint density at radius 3 is 2.83 bits per heavy atom. The van der Waals surface area contributed by atoms with Gasteiger partial charge in [-0.25, -0.2) is 9.97 Å². The highest BCUT2D eigenvalue weighted by Crippen LogP contribution is 2.27. The Bertz CT molecular complexity index is 963. The molecule has 0 amide bonds. The maximum absolute atomic E-state index is 4.52. The van der Waals surface area contributed by atoms with Crippen LogP contribution in [0.1, 0.15) is 22.9 Å². The summed E-state index contributed by atoms with van der Waals surface area (Å²) >= 11 is 0. The van der Waals surface area contributed by atoms with Gasteiger partial charge in [0.25, 0.3) is 0 Å². The van der Waals surface area contributed by atoms with E-state index in [1.54, 1.807) is 12.4 Å². The number of hydrogen-bond acceptors (Lipinski definition) is 5. The zero-order valence-electron chi connectivity index (χ0n) is 13.1. The normalized spacial score (nSPS) is 12.2. The van der Waals surface area contributed by atoms with Crippen molar-refractivity contribution in [1.82, 2.24) is 25.1 Å². The molecule has 0 bridgehead atoms. The number of H-pyrrole nitrogens is 1. The quantitative estimate of drug-likeness (QED) is 0.604. The second-order valence-corrected chi connectivity index (χ2v) is 5.60. The molecule has 0 radical (unpaired) electrons. The summed E-state index contributed by atoms with van der Waals surface area (Å²) in [5.41, 5.74) is 3.96. The summed E-state index contributed by atoms with van der Waals surface area (Å²) in [6.45, 7) is 2.08. The first-order chi connectivity index (χ1) is 11.8. The number of nitrogens with zero attached hydrogens (tertiary/aromatic N) is 4. The molecule has 1 unspecified atom stereocenters. The Balaban J connectivity index is 1.80. The van der Waals surface area contributed by atoms with Crippen molar-refractivity contribution in [2.24, 2.45) is 0 Å². The largest absolute Gasteiger partial charge is 0.357 e. The van der Waals surface area contributed by atoms with Crippen LogP contribution in [0.15, 0.2) is 61.2 Å². The summed E-state index contributed by atoms with van der Waals surface area (Å²) in [7, 11) is 0. The maximum Gasteiger partial charge on any atom is 0.160 e. The molecular weight excluding hydrogens is 300 g/mol. The molecule has 2 N–H and O–H groups in total. The van der Waals surface area contributed by atoms with Gasteiger partial charge in [0.2, 0.25) is 0 Å². The third kappa shape index (κ3) is 2.69. The number of hydrogen-bond donors (Lipinski definition) is 2. The predicted octanol–water partition coefficient (Wildman–Crippen LogP) is 3.26. The van der Waals surface area contributed by atoms with Crippen LogP contribution in [0.3, 0.4) is 0 Å². The molecule has 3 aromatic heterocycles. The molecular formula is C18H16N6. The van der Waals surface area contributed by atoms with Crippen molar-refractivity contribution < 1.29 is 0 Å². The van der Waals surface area contributed by atoms with Gasteiger partial charge in [0, 0.05) is 6.20 Å². The Kier molecular flexibility index (Phi) is 3.63. The molecule has 0 saturated heterocycles. The highest BCUT2D eigenvalue weighted by molar-refractivity contribution is 5.85. The third-order valence-corrected chi connectivity index (χ3v) is 3.89. The second kappa shape index (κ2) is 6.08. The minimum atomic E-state index is -0.112. The minimum absolute atomic E-state index is 0.112. The molecule has 0 aliphatic carbocycles. The molecule has 4 aromatic rings. The summed E-state index contributed by atoms with van der Waals surface area (Å²) in [6, 6.07) is 14.2. The van der Waals surface area contributed by atoms with Crippen LogP contribution in [0.4, 0.5) is 5.82 Å². The van der Waals surface area contributed by atoms with E-state index in [1.165, 1.54) is 11.9 Å². The molecule has 0 aliphatic heterocycles. The fourth-order valence-electron chi connectivity index (χ4n) is 2.74. The van der Waals surface area contributed by atoms with Crippen molar-refractivity contribution in [3.05, 3.63) is 78.0 Å². The van der Waals surface area contributed by atoms with Crippen LogP contribution >= 0.6 is 0 Å². The molecule has 118 valence electrons. The lowest BCUT2D eigenvalue weighted by molar-refractivity contribution is 0.877. The number of nitrogens with one attached hydrogen (secondary N) is 2. The Morgan fingerprint density at radius 1 is 1.04 bits per heavy atom. The van der Waals surface area contributed by atoms with E-state index in [4.69, 9.17) is 0 Å². The van der Waals surface area contributed by atoms with Crippen molar-refractivity contribution in [1.29, 1.82) is 0 Å². The lowest BCUT2D eigenvalue weighted by Gasteiger charge is -2.20. The van der Waals surface area contributed by atoms with Crippen LogP contribution in [0, 0.1) is 6.92 Å². The summed E-state index contributed by atoms with van der Waals surface area (Å²) in [5.74, 6) is 0.728. The van der Waals surface area contributed by atoms with Crippen LogP contribution in [-0.4, -0.2) is 25.1 Å². The smallest absolute Gasteiger partial charge is 0.160 e. The molecule has 0 aliphatic rings. The van der Waals surface area contributed by atoms with Crippen molar-refractivity contribution in [2.45, 2.75) is 13.0 Å². The molecule has 0 saturated carbocycles. The molecule has 4 rings (SSSR count). The Labute approximate surface area is 139 Å². The van der Waals surface area contributed by atoms with E-state index in [-0.39, 0.29) is 6.04 Å². The highest BCUT2D eigenvalue weighted by Gasteiger charge is 2.17. The molecule has 6 nitrogen and oxygen atoms in total. The van der Waals surface area contributed by atoms with Crippen molar-refractivity contribution >= 4 is 16.9 Å². The van der Waals surface area contributed by atoms with Gasteiger partial charge >= 0.3 is 0 Å². The van der Waals surface area contributed by atoms with Crippen LogP contribution in [0.5, 0.6) is 0 Å². The number of aryl methyl sites for hydroxylation is 1. The first kappa shape index (κ1) is 14.3. The second-order valence-electron chi connectivity index (χ2n) is 5.60. The van der Waals surface area contributed by atoms with Gasteiger partial charge in [-0.3, -0.25) is 10.1 Å². The summed E-state index contributed by atoms with van der Waals surface area (Å²) < 4.78 is 0. The lowest BCUT2D eigenvalue weighted by atomic mass is 10.0. The average Bonchev–Trinajstić information content (AvgIpc) is 3.10. The molecule has 1 atom stereocenters. The van der Waals surface area contributed by atoms with E-state index in [0.717, 1.165) is 22.5 Å². The van der Waals surface area contributed by atoms with E-state index in [2.05, 4.69) is 61.7 Å². The molecule has 6 heteroatoms. The van der Waals surface area contributed by atoms with Gasteiger partial charge in [-0.2, -0.15) is 5.10 Å². The van der Waals surface area contributed by atoms with Crippen molar-refractivity contribution in [3.63, 3.8) is 0 Å². The van der Waals surface area contributed by atoms with Gasteiger partial charge in [-0.1, -0.05) is 35.9 Å². The van der Waals surface area contributed by atoms with Gasteiger partial charge in [-0.15, -0.1) is 0 Å². The maximum atomic E-state index is 4.52. The fourth-order valence-corrected chi connectivity index (χ4v) is 2.74. The number of rotatable bonds is 4. The molecule has 0 spiro atoms. The predicted molar refractivity (Wildman–Crippen MR) is 92.6 cm³/mol. The average molecular weight is 316 g/mol. The highest BCUT2D eigenvalue weighted by atomic mass is 15.2.